The molecule has 4 atom stereocenters. The average Bonchev–Trinajstić information content (AvgIpc) is 1.55. The number of rotatable bonds is 21. The van der Waals surface area contributed by atoms with Crippen molar-refractivity contribution in [2.45, 2.75) is 126 Å². The smallest absolute Gasteiger partial charge is 0.0463 e. The summed E-state index contributed by atoms with van der Waals surface area (Å²) in [6.45, 7) is 11.9. The molecule has 4 unspecified atom stereocenters. The molecule has 588 valence electrons. The van der Waals surface area contributed by atoms with Crippen LogP contribution in [0.2, 0.25) is 0 Å². The van der Waals surface area contributed by atoms with E-state index < -0.39 is 16.2 Å². The summed E-state index contributed by atoms with van der Waals surface area (Å²) in [5, 5.41) is 0. The molecule has 22 rings (SSSR count). The van der Waals surface area contributed by atoms with Gasteiger partial charge in [-0.3, -0.25) is 0 Å². The van der Waals surface area contributed by atoms with Crippen LogP contribution in [0.4, 0.5) is 0 Å². The van der Waals surface area contributed by atoms with Crippen molar-refractivity contribution in [1.29, 1.82) is 0 Å². The molecule has 122 heavy (non-hydrogen) atoms. The number of hydrogen-bond donors (Lipinski definition) is 0. The molecule has 0 heterocycles. The van der Waals surface area contributed by atoms with Crippen LogP contribution in [0.15, 0.2) is 394 Å². The van der Waals surface area contributed by atoms with Crippen LogP contribution in [-0.4, -0.2) is 0 Å². The molecule has 0 radical (unpaired) electrons. The molecule has 0 aromatic heterocycles. The van der Waals surface area contributed by atoms with Gasteiger partial charge in [-0.05, 0) is 299 Å². The van der Waals surface area contributed by atoms with E-state index in [1.165, 1.54) is 206 Å². The molecule has 0 amide bonds. The minimum atomic E-state index is -0.420. The summed E-state index contributed by atoms with van der Waals surface area (Å²) in [4.78, 5) is 0. The van der Waals surface area contributed by atoms with E-state index in [0.717, 1.165) is 64.2 Å². The van der Waals surface area contributed by atoms with Crippen LogP contribution in [-0.2, 0) is 27.1 Å². The van der Waals surface area contributed by atoms with Gasteiger partial charge in [0, 0.05) is 27.1 Å². The first-order valence-electron chi connectivity index (χ1n) is 45.1. The fraction of sp³-hybridized carbons (Fsp3) is 0.164. The highest BCUT2D eigenvalue weighted by Crippen LogP contribution is 2.64. The van der Waals surface area contributed by atoms with Crippen LogP contribution >= 0.6 is 0 Å². The number of benzene rings is 17. The van der Waals surface area contributed by atoms with Crippen molar-refractivity contribution >= 4 is 0 Å². The van der Waals surface area contributed by atoms with E-state index >= 15 is 0 Å². The van der Waals surface area contributed by atoms with Gasteiger partial charge in [-0.15, -0.1) is 0 Å². The lowest BCUT2D eigenvalue weighted by atomic mass is 9.68. The third-order valence-corrected chi connectivity index (χ3v) is 29.2. The second-order valence-electron chi connectivity index (χ2n) is 35.4. The molecule has 17 aromatic carbocycles. The maximum Gasteiger partial charge on any atom is 0.0463 e. The summed E-state index contributed by atoms with van der Waals surface area (Å²) in [6.07, 6.45) is 10.1. The molecule has 17 aromatic rings. The van der Waals surface area contributed by atoms with Crippen LogP contribution < -0.4 is 0 Å². The third-order valence-electron chi connectivity index (χ3n) is 29.2. The standard InChI is InChI=1S/C122H100/c1-6-66-118(93-36-22-13-23-37-93)108-71-83(81-32-18-11-19-33-81)46-56-98(108)100-58-48-85(73-110(100)118)87-50-60-102-104-62-52-89(77-114(104)120(68-8-3,112(102)75-87)95-40-26-15-27-41-95)91-54-64-106-107-65-55-92(80-117(107)122(70-10-5,116(106)79-91)97-44-30-17-31-45-97)90-53-63-105-103-61-51-88(76-113(103)121(69-9-4,115(105)78-90)96-42-28-16-29-43-96)86-49-59-101-99-57-47-84(82-34-20-12-21-35-82)72-109(99)119(67-7-2,111(101)74-86)94-38-24-14-25-39-94/h11-65,71-80H,6-10,66-70H2,1-5H3. The molecule has 0 saturated carbocycles. The van der Waals surface area contributed by atoms with Crippen LogP contribution in [0.5, 0.6) is 0 Å². The molecule has 5 aliphatic carbocycles. The molecule has 5 aliphatic rings. The second kappa shape index (κ2) is 29.9. The van der Waals surface area contributed by atoms with Gasteiger partial charge in [-0.2, -0.15) is 0 Å². The summed E-state index contributed by atoms with van der Waals surface area (Å²) >= 11 is 0. The Bertz CT molecular complexity index is 6520. The first-order chi connectivity index (χ1) is 60.2. The third kappa shape index (κ3) is 11.2. The van der Waals surface area contributed by atoms with E-state index in [-0.39, 0.29) is 10.8 Å². The summed E-state index contributed by atoms with van der Waals surface area (Å²) in [6, 6.07) is 154. The Balaban J connectivity index is 0.638. The lowest BCUT2D eigenvalue weighted by molar-refractivity contribution is 0.562. The van der Waals surface area contributed by atoms with Gasteiger partial charge in [0.2, 0.25) is 0 Å². The lowest BCUT2D eigenvalue weighted by Crippen LogP contribution is -2.27. The molecule has 0 bridgehead atoms. The molecule has 0 saturated heterocycles. The normalized spacial score (nSPS) is 18.7. The molecule has 0 spiro atoms. The zero-order valence-corrected chi connectivity index (χ0v) is 70.6. The minimum absolute atomic E-state index is 0.319. The molecule has 0 N–H and O–H groups in total. The molecule has 0 nitrogen and oxygen atoms in total. The van der Waals surface area contributed by atoms with Gasteiger partial charge >= 0.3 is 0 Å². The highest BCUT2D eigenvalue weighted by molar-refractivity contribution is 5.96. The van der Waals surface area contributed by atoms with Gasteiger partial charge in [0.15, 0.2) is 0 Å². The maximum atomic E-state index is 2.61. The molecular formula is C122H100. The van der Waals surface area contributed by atoms with Crippen molar-refractivity contribution in [2.24, 2.45) is 0 Å². The number of hydrogen-bond acceptors (Lipinski definition) is 0. The predicted octanol–water partition coefficient (Wildman–Crippen LogP) is 32.3. The maximum absolute atomic E-state index is 2.61. The van der Waals surface area contributed by atoms with E-state index in [0.29, 0.717) is 0 Å². The van der Waals surface area contributed by atoms with Crippen LogP contribution in [0, 0.1) is 0 Å². The number of fused-ring (bicyclic) bond motifs is 15. The fourth-order valence-electron chi connectivity index (χ4n) is 24.2. The second-order valence-corrected chi connectivity index (χ2v) is 35.4. The highest BCUT2D eigenvalue weighted by Gasteiger charge is 2.51. The van der Waals surface area contributed by atoms with Gasteiger partial charge in [0.1, 0.15) is 0 Å². The van der Waals surface area contributed by atoms with E-state index in [9.17, 15) is 0 Å². The van der Waals surface area contributed by atoms with Gasteiger partial charge in [-0.1, -0.05) is 400 Å². The van der Waals surface area contributed by atoms with Crippen LogP contribution in [0.25, 0.3) is 122 Å². The van der Waals surface area contributed by atoms with Crippen molar-refractivity contribution < 1.29 is 0 Å². The van der Waals surface area contributed by atoms with Crippen molar-refractivity contribution in [3.05, 3.63) is 478 Å². The van der Waals surface area contributed by atoms with Gasteiger partial charge in [0.25, 0.3) is 0 Å². The zero-order valence-electron chi connectivity index (χ0n) is 70.6. The predicted molar refractivity (Wildman–Crippen MR) is 512 cm³/mol. The molecule has 0 fully saturated rings. The topological polar surface area (TPSA) is 0 Å². The molecule has 0 heteroatoms. The Kier molecular flexibility index (Phi) is 18.4. The van der Waals surface area contributed by atoms with Gasteiger partial charge < -0.3 is 0 Å². The first kappa shape index (κ1) is 75.0. The average molecular weight is 1570 g/mol. The van der Waals surface area contributed by atoms with E-state index in [1.54, 1.807) is 0 Å². The van der Waals surface area contributed by atoms with Crippen molar-refractivity contribution in [3.8, 4) is 122 Å². The Morgan fingerprint density at radius 2 is 0.254 bits per heavy atom. The summed E-state index contributed by atoms with van der Waals surface area (Å²) in [5.74, 6) is 0. The molecular weight excluding hydrogens is 1470 g/mol. The highest BCUT2D eigenvalue weighted by atomic mass is 14.5. The first-order valence-corrected chi connectivity index (χ1v) is 45.1. The van der Waals surface area contributed by atoms with E-state index in [1.807, 2.05) is 0 Å². The zero-order chi connectivity index (χ0) is 81.9. The van der Waals surface area contributed by atoms with Crippen LogP contribution in [0.1, 0.15) is 182 Å². The summed E-state index contributed by atoms with van der Waals surface area (Å²) in [5.41, 5.74) is 47.3. The molecule has 0 aliphatic heterocycles. The minimum Gasteiger partial charge on any atom is -0.0653 e. The van der Waals surface area contributed by atoms with Gasteiger partial charge in [-0.25, -0.2) is 0 Å². The quantitative estimate of drug-likeness (QED) is 0.0673. The van der Waals surface area contributed by atoms with Crippen LogP contribution in [0.3, 0.4) is 0 Å². The Morgan fingerprint density at radius 3 is 0.385 bits per heavy atom. The Morgan fingerprint density at radius 1 is 0.131 bits per heavy atom. The van der Waals surface area contributed by atoms with E-state index in [4.69, 9.17) is 0 Å². The Labute approximate surface area is 721 Å². The fourth-order valence-corrected chi connectivity index (χ4v) is 24.2. The SMILES string of the molecule is CCCC1(c2ccccc2)c2cc(-c3ccccc3)ccc2-c2ccc(-c3ccc4c(c3)C(CCC)(c3ccccc3)c3cc(-c5ccc6c(c5)C(CCC)(c5ccccc5)c5cc(-c7ccc8c(c7)C(CCC)(c7ccccc7)c7cc(-c9ccc%10c(c9)C(CCC)(c9ccccc9)c9cc(-c%11ccccc%11)ccc9-%10)ccc7-8)ccc5-6)ccc3-4)cc21. The van der Waals surface area contributed by atoms with Crippen molar-refractivity contribution in [1.82, 2.24) is 0 Å². The van der Waals surface area contributed by atoms with E-state index in [2.05, 4.69) is 429 Å². The summed E-state index contributed by atoms with van der Waals surface area (Å²) in [7, 11) is 0. The largest absolute Gasteiger partial charge is 0.0653 e. The van der Waals surface area contributed by atoms with Crippen molar-refractivity contribution in [3.63, 3.8) is 0 Å². The van der Waals surface area contributed by atoms with Crippen molar-refractivity contribution in [2.75, 3.05) is 0 Å². The van der Waals surface area contributed by atoms with Gasteiger partial charge in [0.05, 0.1) is 0 Å². The summed E-state index contributed by atoms with van der Waals surface area (Å²) < 4.78 is 0. The monoisotopic (exact) mass is 1560 g/mol. The lowest BCUT2D eigenvalue weighted by Gasteiger charge is -2.34. The Hall–Kier alpha value is -13.3.